The van der Waals surface area contributed by atoms with Crippen LogP contribution in [0.2, 0.25) is 0 Å². The molecule has 136 valence electrons. The molecule has 0 bridgehead atoms. The monoisotopic (exact) mass is 364 g/mol. The average molecular weight is 365 g/mol. The Hall–Kier alpha value is -2.24. The van der Waals surface area contributed by atoms with Gasteiger partial charge in [-0.25, -0.2) is 0 Å². The fraction of sp³-hybridized carbons (Fsp3) is 0.316. The summed E-state index contributed by atoms with van der Waals surface area (Å²) in [5, 5.41) is 2.88. The Kier molecular flexibility index (Phi) is 8.81. The van der Waals surface area contributed by atoms with Gasteiger partial charge in [-0.05, 0) is 24.7 Å². The minimum atomic E-state index is -0.0542. The molecule has 0 saturated heterocycles. The SMILES string of the molecule is COc1ccc(OC)c(NC(=O)CCN(C)Cc2ccccc2)c1.Cl. The number of benzene rings is 2. The number of halogens is 1. The maximum atomic E-state index is 12.2. The quantitative estimate of drug-likeness (QED) is 0.777. The Morgan fingerprint density at radius 1 is 1.08 bits per heavy atom. The van der Waals surface area contributed by atoms with Crippen LogP contribution >= 0.6 is 12.4 Å². The minimum Gasteiger partial charge on any atom is -0.497 e. The molecule has 6 heteroatoms. The molecule has 5 nitrogen and oxygen atoms in total. The van der Waals surface area contributed by atoms with Gasteiger partial charge in [0.25, 0.3) is 0 Å². The van der Waals surface area contributed by atoms with E-state index in [1.165, 1.54) is 5.56 Å². The number of amides is 1. The summed E-state index contributed by atoms with van der Waals surface area (Å²) >= 11 is 0. The molecular weight excluding hydrogens is 340 g/mol. The van der Waals surface area contributed by atoms with Gasteiger partial charge in [-0.15, -0.1) is 12.4 Å². The Morgan fingerprint density at radius 2 is 1.80 bits per heavy atom. The largest absolute Gasteiger partial charge is 0.497 e. The highest BCUT2D eigenvalue weighted by Crippen LogP contribution is 2.28. The molecule has 0 unspecified atom stereocenters. The minimum absolute atomic E-state index is 0. The van der Waals surface area contributed by atoms with Gasteiger partial charge in [0, 0.05) is 25.6 Å². The van der Waals surface area contributed by atoms with Crippen molar-refractivity contribution in [2.75, 3.05) is 33.1 Å². The molecule has 1 amide bonds. The fourth-order valence-electron chi connectivity index (χ4n) is 2.39. The van der Waals surface area contributed by atoms with Gasteiger partial charge >= 0.3 is 0 Å². The molecule has 1 N–H and O–H groups in total. The van der Waals surface area contributed by atoms with Crippen molar-refractivity contribution >= 4 is 24.0 Å². The van der Waals surface area contributed by atoms with E-state index >= 15 is 0 Å². The first-order valence-corrected chi connectivity index (χ1v) is 7.86. The van der Waals surface area contributed by atoms with Crippen LogP contribution in [0.5, 0.6) is 11.5 Å². The van der Waals surface area contributed by atoms with Crippen LogP contribution in [-0.4, -0.2) is 38.6 Å². The van der Waals surface area contributed by atoms with Crippen LogP contribution in [0.15, 0.2) is 48.5 Å². The van der Waals surface area contributed by atoms with Crippen molar-refractivity contribution < 1.29 is 14.3 Å². The lowest BCUT2D eigenvalue weighted by molar-refractivity contribution is -0.116. The molecule has 0 aliphatic rings. The van der Waals surface area contributed by atoms with E-state index in [0.29, 0.717) is 30.2 Å². The fourth-order valence-corrected chi connectivity index (χ4v) is 2.39. The molecule has 2 aromatic carbocycles. The van der Waals surface area contributed by atoms with Crippen molar-refractivity contribution in [2.45, 2.75) is 13.0 Å². The van der Waals surface area contributed by atoms with Gasteiger partial charge in [-0.1, -0.05) is 30.3 Å². The topological polar surface area (TPSA) is 50.8 Å². The molecule has 0 atom stereocenters. The summed E-state index contributed by atoms with van der Waals surface area (Å²) in [5.74, 6) is 1.23. The summed E-state index contributed by atoms with van der Waals surface area (Å²) in [4.78, 5) is 14.3. The van der Waals surface area contributed by atoms with Gasteiger partial charge in [0.05, 0.1) is 19.9 Å². The summed E-state index contributed by atoms with van der Waals surface area (Å²) in [6.45, 7) is 1.49. The zero-order valence-electron chi connectivity index (χ0n) is 14.8. The number of carbonyl (C=O) groups is 1. The van der Waals surface area contributed by atoms with E-state index in [2.05, 4.69) is 22.3 Å². The Labute approximate surface area is 155 Å². The predicted molar refractivity (Wildman–Crippen MR) is 103 cm³/mol. The van der Waals surface area contributed by atoms with Gasteiger partial charge in [0.1, 0.15) is 11.5 Å². The lowest BCUT2D eigenvalue weighted by Gasteiger charge is -2.17. The lowest BCUT2D eigenvalue weighted by Crippen LogP contribution is -2.24. The number of hydrogen-bond donors (Lipinski definition) is 1. The van der Waals surface area contributed by atoms with E-state index < -0.39 is 0 Å². The summed E-state index contributed by atoms with van der Waals surface area (Å²) in [5.41, 5.74) is 1.85. The van der Waals surface area contributed by atoms with Crippen LogP contribution in [0.3, 0.4) is 0 Å². The normalized spacial score (nSPS) is 10.1. The van der Waals surface area contributed by atoms with Crippen LogP contribution < -0.4 is 14.8 Å². The molecule has 0 saturated carbocycles. The lowest BCUT2D eigenvalue weighted by atomic mass is 10.2. The molecule has 2 rings (SSSR count). The zero-order chi connectivity index (χ0) is 17.4. The highest BCUT2D eigenvalue weighted by Gasteiger charge is 2.10. The number of nitrogens with one attached hydrogen (secondary N) is 1. The second-order valence-corrected chi connectivity index (χ2v) is 5.59. The van der Waals surface area contributed by atoms with Crippen LogP contribution in [0.4, 0.5) is 5.69 Å². The van der Waals surface area contributed by atoms with E-state index in [-0.39, 0.29) is 18.3 Å². The number of methoxy groups -OCH3 is 2. The van der Waals surface area contributed by atoms with E-state index in [9.17, 15) is 4.79 Å². The van der Waals surface area contributed by atoms with Gasteiger partial charge in [0.15, 0.2) is 0 Å². The molecule has 0 fully saturated rings. The third-order valence-corrected chi connectivity index (χ3v) is 3.70. The first-order chi connectivity index (χ1) is 11.6. The number of nitrogens with zero attached hydrogens (tertiary/aromatic N) is 1. The highest BCUT2D eigenvalue weighted by atomic mass is 35.5. The van der Waals surface area contributed by atoms with Crippen molar-refractivity contribution in [3.63, 3.8) is 0 Å². The molecular formula is C19H25ClN2O3. The van der Waals surface area contributed by atoms with Crippen LogP contribution in [0, 0.1) is 0 Å². The predicted octanol–water partition coefficient (Wildman–Crippen LogP) is 3.59. The standard InChI is InChI=1S/C19H24N2O3.ClH/c1-21(14-15-7-5-4-6-8-15)12-11-19(22)20-17-13-16(23-2)9-10-18(17)24-3;/h4-10,13H,11-12,14H2,1-3H3,(H,20,22);1H. The number of rotatable bonds is 8. The second kappa shape index (κ2) is 10.6. The van der Waals surface area contributed by atoms with Gasteiger partial charge in [-0.3, -0.25) is 4.79 Å². The molecule has 0 aromatic heterocycles. The van der Waals surface area contributed by atoms with Crippen molar-refractivity contribution in [1.29, 1.82) is 0 Å². The molecule has 0 aliphatic heterocycles. The molecule has 2 aromatic rings. The third kappa shape index (κ3) is 6.64. The Morgan fingerprint density at radius 3 is 2.44 bits per heavy atom. The Balaban J connectivity index is 0.00000312. The maximum absolute atomic E-state index is 12.2. The Bertz CT molecular complexity index is 665. The molecule has 25 heavy (non-hydrogen) atoms. The third-order valence-electron chi connectivity index (χ3n) is 3.70. The first kappa shape index (κ1) is 20.8. The van der Waals surface area contributed by atoms with E-state index in [4.69, 9.17) is 9.47 Å². The maximum Gasteiger partial charge on any atom is 0.225 e. The highest BCUT2D eigenvalue weighted by molar-refractivity contribution is 5.92. The van der Waals surface area contributed by atoms with Gasteiger partial charge in [0.2, 0.25) is 5.91 Å². The van der Waals surface area contributed by atoms with Gasteiger partial charge in [-0.2, -0.15) is 0 Å². The first-order valence-electron chi connectivity index (χ1n) is 7.86. The van der Waals surface area contributed by atoms with Crippen molar-refractivity contribution in [2.24, 2.45) is 0 Å². The number of ether oxygens (including phenoxy) is 2. The summed E-state index contributed by atoms with van der Waals surface area (Å²) in [7, 11) is 5.17. The number of hydrogen-bond acceptors (Lipinski definition) is 4. The average Bonchev–Trinajstić information content (AvgIpc) is 2.60. The van der Waals surface area contributed by atoms with Crippen molar-refractivity contribution in [3.05, 3.63) is 54.1 Å². The second-order valence-electron chi connectivity index (χ2n) is 5.59. The molecule has 0 radical (unpaired) electrons. The molecule has 0 heterocycles. The van der Waals surface area contributed by atoms with Crippen LogP contribution in [-0.2, 0) is 11.3 Å². The number of carbonyl (C=O) groups excluding carboxylic acids is 1. The van der Waals surface area contributed by atoms with Crippen molar-refractivity contribution in [1.82, 2.24) is 4.90 Å². The smallest absolute Gasteiger partial charge is 0.225 e. The van der Waals surface area contributed by atoms with Gasteiger partial charge < -0.3 is 19.7 Å². The van der Waals surface area contributed by atoms with E-state index in [0.717, 1.165) is 6.54 Å². The summed E-state index contributed by atoms with van der Waals surface area (Å²) in [6.07, 6.45) is 0.406. The molecule has 0 aliphatic carbocycles. The van der Waals surface area contributed by atoms with E-state index in [1.807, 2.05) is 25.2 Å². The zero-order valence-corrected chi connectivity index (χ0v) is 15.6. The van der Waals surface area contributed by atoms with Crippen LogP contribution in [0.25, 0.3) is 0 Å². The molecule has 0 spiro atoms. The van der Waals surface area contributed by atoms with E-state index in [1.54, 1.807) is 32.4 Å². The van der Waals surface area contributed by atoms with Crippen LogP contribution in [0.1, 0.15) is 12.0 Å². The summed E-state index contributed by atoms with van der Waals surface area (Å²) < 4.78 is 10.5. The summed E-state index contributed by atoms with van der Waals surface area (Å²) in [6, 6.07) is 15.5. The number of anilines is 1. The van der Waals surface area contributed by atoms with Crippen molar-refractivity contribution in [3.8, 4) is 11.5 Å².